The Hall–Kier alpha value is -2.01. The highest BCUT2D eigenvalue weighted by molar-refractivity contribution is 6.00. The molecule has 0 saturated carbocycles. The van der Waals surface area contributed by atoms with Crippen molar-refractivity contribution in [3.63, 3.8) is 0 Å². The molecule has 1 aromatic heterocycles. The predicted molar refractivity (Wildman–Crippen MR) is 74.6 cm³/mol. The average molecular weight is 259 g/mol. The third-order valence-corrected chi connectivity index (χ3v) is 2.88. The van der Waals surface area contributed by atoms with Crippen molar-refractivity contribution in [3.8, 4) is 0 Å². The first-order chi connectivity index (χ1) is 9.01. The molecule has 5 nitrogen and oxygen atoms in total. The van der Waals surface area contributed by atoms with Crippen LogP contribution >= 0.6 is 0 Å². The van der Waals surface area contributed by atoms with Gasteiger partial charge in [-0.05, 0) is 38.7 Å². The standard InChI is InChI=1S/C14H17N3O2/c1-4-10-14(19)16-11-6-5-9(7-12(11)15-10)13(18)8-17(2)3/h5-7H,4,8H2,1-3H3,(H,16,19). The summed E-state index contributed by atoms with van der Waals surface area (Å²) in [6.45, 7) is 2.24. The lowest BCUT2D eigenvalue weighted by Gasteiger charge is -2.09. The number of rotatable bonds is 4. The number of Topliss-reactive ketones (excluding diaryl/α,β-unsaturated/α-hetero) is 1. The fourth-order valence-electron chi connectivity index (χ4n) is 1.91. The summed E-state index contributed by atoms with van der Waals surface area (Å²) >= 11 is 0. The number of benzene rings is 1. The molecule has 2 aromatic rings. The van der Waals surface area contributed by atoms with Gasteiger partial charge in [-0.25, -0.2) is 4.98 Å². The number of ketones is 1. The zero-order valence-corrected chi connectivity index (χ0v) is 11.4. The van der Waals surface area contributed by atoms with Crippen LogP contribution in [0, 0.1) is 0 Å². The third kappa shape index (κ3) is 2.88. The molecular formula is C14H17N3O2. The number of carbonyl (C=O) groups excluding carboxylic acids is 1. The first-order valence-electron chi connectivity index (χ1n) is 6.22. The minimum Gasteiger partial charge on any atom is -0.319 e. The highest BCUT2D eigenvalue weighted by Crippen LogP contribution is 2.12. The van der Waals surface area contributed by atoms with Gasteiger partial charge in [-0.2, -0.15) is 0 Å². The fraction of sp³-hybridized carbons (Fsp3) is 0.357. The van der Waals surface area contributed by atoms with Gasteiger partial charge < -0.3 is 9.88 Å². The SMILES string of the molecule is CCc1nc2cc(C(=O)CN(C)C)ccc2[nH]c1=O. The molecule has 0 aliphatic heterocycles. The van der Waals surface area contributed by atoms with Crippen molar-refractivity contribution in [1.29, 1.82) is 0 Å². The molecule has 19 heavy (non-hydrogen) atoms. The molecule has 0 unspecified atom stereocenters. The van der Waals surface area contributed by atoms with Gasteiger partial charge in [0.05, 0.1) is 17.6 Å². The lowest BCUT2D eigenvalue weighted by molar-refractivity contribution is 0.0958. The molecule has 0 radical (unpaired) electrons. The monoisotopic (exact) mass is 259 g/mol. The summed E-state index contributed by atoms with van der Waals surface area (Å²) < 4.78 is 0. The van der Waals surface area contributed by atoms with Gasteiger partial charge in [-0.3, -0.25) is 9.59 Å². The van der Waals surface area contributed by atoms with Crippen molar-refractivity contribution >= 4 is 16.8 Å². The first kappa shape index (κ1) is 13.4. The van der Waals surface area contributed by atoms with E-state index < -0.39 is 0 Å². The van der Waals surface area contributed by atoms with Crippen LogP contribution in [-0.2, 0) is 6.42 Å². The van der Waals surface area contributed by atoms with E-state index in [-0.39, 0.29) is 11.3 Å². The molecule has 1 heterocycles. The van der Waals surface area contributed by atoms with E-state index in [4.69, 9.17) is 0 Å². The van der Waals surface area contributed by atoms with Crippen LogP contribution in [0.15, 0.2) is 23.0 Å². The van der Waals surface area contributed by atoms with Gasteiger partial charge in [0.15, 0.2) is 5.78 Å². The number of H-pyrrole nitrogens is 1. The molecule has 1 aromatic carbocycles. The Bertz CT molecular complexity index is 674. The molecule has 5 heteroatoms. The lowest BCUT2D eigenvalue weighted by Crippen LogP contribution is -2.21. The van der Waals surface area contributed by atoms with Crippen molar-refractivity contribution in [2.75, 3.05) is 20.6 Å². The van der Waals surface area contributed by atoms with E-state index in [0.29, 0.717) is 35.3 Å². The first-order valence-corrected chi connectivity index (χ1v) is 6.22. The quantitative estimate of drug-likeness (QED) is 0.839. The Morgan fingerprint density at radius 3 is 2.74 bits per heavy atom. The highest BCUT2D eigenvalue weighted by Gasteiger charge is 2.09. The number of aromatic nitrogens is 2. The molecule has 0 aliphatic rings. The Balaban J connectivity index is 2.47. The van der Waals surface area contributed by atoms with E-state index in [2.05, 4.69) is 9.97 Å². The Kier molecular flexibility index (Phi) is 3.76. The van der Waals surface area contributed by atoms with Gasteiger partial charge in [-0.1, -0.05) is 6.92 Å². The number of hydrogen-bond acceptors (Lipinski definition) is 4. The van der Waals surface area contributed by atoms with Crippen molar-refractivity contribution in [3.05, 3.63) is 39.8 Å². The third-order valence-electron chi connectivity index (χ3n) is 2.88. The number of aromatic amines is 1. The number of likely N-dealkylation sites (N-methyl/N-ethyl adjacent to an activating group) is 1. The second kappa shape index (κ2) is 5.32. The zero-order chi connectivity index (χ0) is 14.0. The molecule has 0 spiro atoms. The van der Waals surface area contributed by atoms with Gasteiger partial charge in [0, 0.05) is 5.56 Å². The molecule has 2 rings (SSSR count). The van der Waals surface area contributed by atoms with Crippen LogP contribution in [0.25, 0.3) is 11.0 Å². The summed E-state index contributed by atoms with van der Waals surface area (Å²) in [5, 5.41) is 0. The topological polar surface area (TPSA) is 66.1 Å². The zero-order valence-electron chi connectivity index (χ0n) is 11.4. The lowest BCUT2D eigenvalue weighted by atomic mass is 10.1. The maximum atomic E-state index is 12.0. The minimum absolute atomic E-state index is 0.0398. The highest BCUT2D eigenvalue weighted by atomic mass is 16.1. The Morgan fingerprint density at radius 1 is 1.37 bits per heavy atom. The summed E-state index contributed by atoms with van der Waals surface area (Å²) in [5.41, 5.74) is 2.25. The average Bonchev–Trinajstić information content (AvgIpc) is 2.36. The predicted octanol–water partition coefficient (Wildman–Crippen LogP) is 1.23. The summed E-state index contributed by atoms with van der Waals surface area (Å²) in [6, 6.07) is 5.18. The summed E-state index contributed by atoms with van der Waals surface area (Å²) in [4.78, 5) is 32.5. The van der Waals surface area contributed by atoms with Crippen LogP contribution in [-0.4, -0.2) is 41.3 Å². The normalized spacial score (nSPS) is 11.2. The van der Waals surface area contributed by atoms with Crippen molar-refractivity contribution in [2.24, 2.45) is 0 Å². The molecule has 0 saturated heterocycles. The molecular weight excluding hydrogens is 242 g/mol. The molecule has 0 amide bonds. The number of aryl methyl sites for hydroxylation is 1. The van der Waals surface area contributed by atoms with Crippen LogP contribution in [0.3, 0.4) is 0 Å². The van der Waals surface area contributed by atoms with Crippen LogP contribution in [0.1, 0.15) is 23.0 Å². The number of fused-ring (bicyclic) bond motifs is 1. The number of nitrogens with zero attached hydrogens (tertiary/aromatic N) is 2. The van der Waals surface area contributed by atoms with E-state index >= 15 is 0 Å². The molecule has 0 aliphatic carbocycles. The van der Waals surface area contributed by atoms with E-state index in [9.17, 15) is 9.59 Å². The molecule has 0 atom stereocenters. The molecule has 1 N–H and O–H groups in total. The Morgan fingerprint density at radius 2 is 2.11 bits per heavy atom. The largest absolute Gasteiger partial charge is 0.319 e. The van der Waals surface area contributed by atoms with Crippen LogP contribution < -0.4 is 5.56 Å². The van der Waals surface area contributed by atoms with E-state index in [1.54, 1.807) is 18.2 Å². The maximum absolute atomic E-state index is 12.0. The van der Waals surface area contributed by atoms with Gasteiger partial charge >= 0.3 is 0 Å². The van der Waals surface area contributed by atoms with E-state index in [1.165, 1.54) is 0 Å². The maximum Gasteiger partial charge on any atom is 0.270 e. The van der Waals surface area contributed by atoms with Gasteiger partial charge in [0.25, 0.3) is 5.56 Å². The van der Waals surface area contributed by atoms with E-state index in [0.717, 1.165) is 0 Å². The summed E-state index contributed by atoms with van der Waals surface area (Å²) in [6.07, 6.45) is 0.571. The van der Waals surface area contributed by atoms with Crippen LogP contribution in [0.4, 0.5) is 0 Å². The van der Waals surface area contributed by atoms with Crippen molar-refractivity contribution < 1.29 is 4.79 Å². The smallest absolute Gasteiger partial charge is 0.270 e. The van der Waals surface area contributed by atoms with Crippen LogP contribution in [0.2, 0.25) is 0 Å². The second-order valence-corrected chi connectivity index (χ2v) is 4.76. The van der Waals surface area contributed by atoms with Crippen molar-refractivity contribution in [2.45, 2.75) is 13.3 Å². The molecule has 0 fully saturated rings. The minimum atomic E-state index is -0.164. The van der Waals surface area contributed by atoms with Gasteiger partial charge in [0.1, 0.15) is 5.69 Å². The molecule has 100 valence electrons. The second-order valence-electron chi connectivity index (χ2n) is 4.76. The van der Waals surface area contributed by atoms with Crippen LogP contribution in [0.5, 0.6) is 0 Å². The Labute approximate surface area is 111 Å². The number of hydrogen-bond donors (Lipinski definition) is 1. The molecule has 0 bridgehead atoms. The van der Waals surface area contributed by atoms with Gasteiger partial charge in [0.2, 0.25) is 0 Å². The fourth-order valence-corrected chi connectivity index (χ4v) is 1.91. The summed E-state index contributed by atoms with van der Waals surface area (Å²) in [7, 11) is 3.70. The van der Waals surface area contributed by atoms with Crippen molar-refractivity contribution in [1.82, 2.24) is 14.9 Å². The number of carbonyl (C=O) groups is 1. The van der Waals surface area contributed by atoms with E-state index in [1.807, 2.05) is 25.9 Å². The van der Waals surface area contributed by atoms with Gasteiger partial charge in [-0.15, -0.1) is 0 Å². The number of nitrogens with one attached hydrogen (secondary N) is 1. The summed E-state index contributed by atoms with van der Waals surface area (Å²) in [5.74, 6) is 0.0398.